The molecule has 1 atom stereocenters. The van der Waals surface area contributed by atoms with E-state index in [0.29, 0.717) is 35.1 Å². The Morgan fingerprint density at radius 2 is 2.00 bits per heavy atom. The van der Waals surface area contributed by atoms with Gasteiger partial charge < -0.3 is 15.2 Å². The Labute approximate surface area is 163 Å². The van der Waals surface area contributed by atoms with Gasteiger partial charge in [0.2, 0.25) is 0 Å². The summed E-state index contributed by atoms with van der Waals surface area (Å²) in [6.07, 6.45) is 2.97. The van der Waals surface area contributed by atoms with E-state index in [1.807, 2.05) is 50.3 Å². The van der Waals surface area contributed by atoms with Gasteiger partial charge in [0.25, 0.3) is 0 Å². The number of aliphatic hydroxyl groups excluding tert-OH is 1. The highest BCUT2D eigenvalue weighted by molar-refractivity contribution is 9.10. The molecule has 6 heteroatoms. The predicted octanol–water partition coefficient (Wildman–Crippen LogP) is 4.88. The lowest BCUT2D eigenvalue weighted by Crippen LogP contribution is -2.16. The summed E-state index contributed by atoms with van der Waals surface area (Å²) < 4.78 is 6.12. The summed E-state index contributed by atoms with van der Waals surface area (Å²) in [6.45, 7) is 5.46. The van der Waals surface area contributed by atoms with Gasteiger partial charge in [-0.25, -0.2) is 4.98 Å². The van der Waals surface area contributed by atoms with Crippen LogP contribution in [0.4, 0.5) is 0 Å². The highest BCUT2D eigenvalue weighted by atomic mass is 79.9. The molecule has 0 aliphatic rings. The highest BCUT2D eigenvalue weighted by Crippen LogP contribution is 2.20. The lowest BCUT2D eigenvalue weighted by Gasteiger charge is -2.11. The third-order valence-electron chi connectivity index (χ3n) is 3.04. The normalized spacial score (nSPS) is 11.7. The average molecular weight is 428 g/mol. The molecule has 2 rings (SSSR count). The summed E-state index contributed by atoms with van der Waals surface area (Å²) >= 11 is 9.11. The van der Waals surface area contributed by atoms with Crippen LogP contribution < -0.4 is 5.32 Å². The number of hydrogen-bond donors (Lipinski definition) is 2. The number of pyridine rings is 1. The van der Waals surface area contributed by atoms with E-state index >= 15 is 0 Å². The maximum Gasteiger partial charge on any atom is 0.130 e. The Morgan fingerprint density at radius 1 is 1.28 bits per heavy atom. The first-order valence-corrected chi connectivity index (χ1v) is 9.33. The standard InChI is InChI=1S/C17H18BrClN2O2.C2H6/c18-16-9-14(10-17(19)21-16)15(22)11-20-7-4-8-23-12-13-5-2-1-3-6-13;1-2/h1-7,9-10,15,20,22H,8,11-12H2;1-2H3/b7-4+;. The SMILES string of the molecule is CC.OC(CN/C=C/COCc1ccccc1)c1cc(Cl)nc(Br)c1. The largest absolute Gasteiger partial charge is 0.388 e. The van der Waals surface area contributed by atoms with E-state index in [-0.39, 0.29) is 0 Å². The summed E-state index contributed by atoms with van der Waals surface area (Å²) in [5, 5.41) is 13.5. The molecule has 0 amide bonds. The van der Waals surface area contributed by atoms with Gasteiger partial charge in [-0.2, -0.15) is 0 Å². The molecular weight excluding hydrogens is 404 g/mol. The lowest BCUT2D eigenvalue weighted by atomic mass is 10.1. The molecule has 1 unspecified atom stereocenters. The zero-order valence-electron chi connectivity index (χ0n) is 14.5. The first-order chi connectivity index (χ1) is 12.1. The zero-order chi connectivity index (χ0) is 18.5. The van der Waals surface area contributed by atoms with Crippen molar-refractivity contribution in [3.63, 3.8) is 0 Å². The number of aromatic nitrogens is 1. The third-order valence-corrected chi connectivity index (χ3v) is 3.64. The first kappa shape index (κ1) is 21.6. The van der Waals surface area contributed by atoms with E-state index in [1.165, 1.54) is 0 Å². The van der Waals surface area contributed by atoms with Crippen LogP contribution in [0.1, 0.15) is 31.1 Å². The number of aliphatic hydroxyl groups is 1. The van der Waals surface area contributed by atoms with Gasteiger partial charge in [-0.05, 0) is 51.5 Å². The fraction of sp³-hybridized carbons (Fsp3) is 0.316. The Bertz CT molecular complexity index is 618. The van der Waals surface area contributed by atoms with Gasteiger partial charge in [0.15, 0.2) is 0 Å². The molecule has 1 aromatic carbocycles. The Morgan fingerprint density at radius 3 is 2.68 bits per heavy atom. The van der Waals surface area contributed by atoms with Crippen molar-refractivity contribution < 1.29 is 9.84 Å². The Kier molecular flexibility index (Phi) is 11.2. The number of nitrogens with one attached hydrogen (secondary N) is 1. The van der Waals surface area contributed by atoms with Crippen LogP contribution in [0.25, 0.3) is 0 Å². The fourth-order valence-corrected chi connectivity index (χ4v) is 2.70. The van der Waals surface area contributed by atoms with Crippen molar-refractivity contribution in [3.05, 3.63) is 75.6 Å². The van der Waals surface area contributed by atoms with Gasteiger partial charge in [-0.1, -0.05) is 55.8 Å². The smallest absolute Gasteiger partial charge is 0.130 e. The number of ether oxygens (including phenoxy) is 1. The Hall–Kier alpha value is -1.40. The van der Waals surface area contributed by atoms with E-state index < -0.39 is 6.10 Å². The quantitative estimate of drug-likeness (QED) is 0.466. The van der Waals surface area contributed by atoms with Gasteiger partial charge in [-0.3, -0.25) is 0 Å². The minimum atomic E-state index is -0.665. The molecule has 1 aromatic heterocycles. The molecule has 1 heterocycles. The van der Waals surface area contributed by atoms with Crippen LogP contribution in [0.2, 0.25) is 5.15 Å². The van der Waals surface area contributed by atoms with Gasteiger partial charge in [0.05, 0.1) is 19.3 Å². The van der Waals surface area contributed by atoms with Crippen LogP contribution in [-0.4, -0.2) is 23.2 Å². The maximum atomic E-state index is 10.1. The van der Waals surface area contributed by atoms with Crippen LogP contribution >= 0.6 is 27.5 Å². The molecule has 136 valence electrons. The first-order valence-electron chi connectivity index (χ1n) is 8.16. The van der Waals surface area contributed by atoms with Crippen molar-refractivity contribution in [1.29, 1.82) is 0 Å². The summed E-state index contributed by atoms with van der Waals surface area (Å²) in [4.78, 5) is 3.99. The molecule has 2 N–H and O–H groups in total. The second-order valence-corrected chi connectivity index (χ2v) is 6.07. The molecule has 0 radical (unpaired) electrons. The second kappa shape index (κ2) is 12.9. The number of benzene rings is 1. The van der Waals surface area contributed by atoms with Crippen LogP contribution in [0.15, 0.2) is 59.3 Å². The van der Waals surface area contributed by atoms with Crippen molar-refractivity contribution in [2.45, 2.75) is 26.6 Å². The number of nitrogens with zero attached hydrogens (tertiary/aromatic N) is 1. The van der Waals surface area contributed by atoms with Crippen molar-refractivity contribution >= 4 is 27.5 Å². The lowest BCUT2D eigenvalue weighted by molar-refractivity contribution is 0.148. The molecular formula is C19H24BrClN2O2. The molecule has 4 nitrogen and oxygen atoms in total. The van der Waals surface area contributed by atoms with Gasteiger partial charge in [0, 0.05) is 6.54 Å². The van der Waals surface area contributed by atoms with Crippen molar-refractivity contribution in [2.24, 2.45) is 0 Å². The topological polar surface area (TPSA) is 54.4 Å². The van der Waals surface area contributed by atoms with Crippen molar-refractivity contribution in [1.82, 2.24) is 10.3 Å². The summed E-state index contributed by atoms with van der Waals surface area (Å²) in [7, 11) is 0. The molecule has 0 saturated heterocycles. The maximum absolute atomic E-state index is 10.1. The van der Waals surface area contributed by atoms with Crippen LogP contribution in [0.5, 0.6) is 0 Å². The molecule has 0 saturated carbocycles. The zero-order valence-corrected chi connectivity index (χ0v) is 16.8. The number of hydrogen-bond acceptors (Lipinski definition) is 4. The van der Waals surface area contributed by atoms with Gasteiger partial charge in [-0.15, -0.1) is 0 Å². The molecule has 2 aromatic rings. The minimum Gasteiger partial charge on any atom is -0.388 e. The minimum absolute atomic E-state index is 0.346. The predicted molar refractivity (Wildman–Crippen MR) is 106 cm³/mol. The monoisotopic (exact) mass is 426 g/mol. The van der Waals surface area contributed by atoms with Crippen LogP contribution in [-0.2, 0) is 11.3 Å². The molecule has 25 heavy (non-hydrogen) atoms. The molecule has 0 aliphatic heterocycles. The third kappa shape index (κ3) is 9.02. The molecule has 0 bridgehead atoms. The number of halogens is 2. The van der Waals surface area contributed by atoms with Gasteiger partial charge >= 0.3 is 0 Å². The molecule has 0 spiro atoms. The van der Waals surface area contributed by atoms with E-state index in [9.17, 15) is 5.11 Å². The van der Waals surface area contributed by atoms with Gasteiger partial charge in [0.1, 0.15) is 9.76 Å². The van der Waals surface area contributed by atoms with E-state index in [1.54, 1.807) is 18.3 Å². The second-order valence-electron chi connectivity index (χ2n) is 4.87. The van der Waals surface area contributed by atoms with Crippen molar-refractivity contribution in [2.75, 3.05) is 13.2 Å². The summed E-state index contributed by atoms with van der Waals surface area (Å²) in [6, 6.07) is 13.4. The molecule has 0 fully saturated rings. The van der Waals surface area contributed by atoms with E-state index in [2.05, 4.69) is 26.2 Å². The highest BCUT2D eigenvalue weighted by Gasteiger charge is 2.08. The van der Waals surface area contributed by atoms with Crippen LogP contribution in [0.3, 0.4) is 0 Å². The fourth-order valence-electron chi connectivity index (χ4n) is 1.92. The Balaban J connectivity index is 0.00000151. The van der Waals surface area contributed by atoms with E-state index in [4.69, 9.17) is 16.3 Å². The number of rotatable bonds is 8. The summed E-state index contributed by atoms with van der Waals surface area (Å²) in [5.41, 5.74) is 1.85. The summed E-state index contributed by atoms with van der Waals surface area (Å²) in [5.74, 6) is 0. The van der Waals surface area contributed by atoms with Crippen LogP contribution in [0, 0.1) is 0 Å². The molecule has 0 aliphatic carbocycles. The average Bonchev–Trinajstić information content (AvgIpc) is 2.62. The van der Waals surface area contributed by atoms with Crippen molar-refractivity contribution in [3.8, 4) is 0 Å². The van der Waals surface area contributed by atoms with E-state index in [0.717, 1.165) is 5.56 Å².